The first-order valence-corrected chi connectivity index (χ1v) is 8.04. The molecule has 5 heteroatoms. The van der Waals surface area contributed by atoms with E-state index in [4.69, 9.17) is 4.74 Å². The summed E-state index contributed by atoms with van der Waals surface area (Å²) in [5, 5.41) is 0. The number of rotatable bonds is 11. The highest BCUT2D eigenvalue weighted by Crippen LogP contribution is 2.14. The molecule has 0 unspecified atom stereocenters. The first-order valence-electron chi connectivity index (χ1n) is 8.04. The zero-order valence-electron chi connectivity index (χ0n) is 13.8. The maximum absolute atomic E-state index is 11.9. The topological polar surface area (TPSA) is 69.7 Å². The normalized spacial score (nSPS) is 10.2. The summed E-state index contributed by atoms with van der Waals surface area (Å²) in [5.74, 6) is -1.51. The van der Waals surface area contributed by atoms with Gasteiger partial charge in [-0.05, 0) is 37.6 Å². The smallest absolute Gasteiger partial charge is 0.375 e. The average Bonchev–Trinajstić information content (AvgIpc) is 2.55. The second-order valence-electron chi connectivity index (χ2n) is 5.18. The van der Waals surface area contributed by atoms with Crippen LogP contribution in [-0.4, -0.2) is 30.7 Å². The maximum Gasteiger partial charge on any atom is 0.375 e. The van der Waals surface area contributed by atoms with Gasteiger partial charge >= 0.3 is 5.97 Å². The molecule has 1 aromatic carbocycles. The summed E-state index contributed by atoms with van der Waals surface area (Å²) in [6.45, 7) is 4.52. The molecule has 0 bridgehead atoms. The van der Waals surface area contributed by atoms with E-state index in [9.17, 15) is 14.4 Å². The summed E-state index contributed by atoms with van der Waals surface area (Å²) in [6.07, 6.45) is 4.05. The molecule has 0 radical (unpaired) electrons. The molecule has 0 aliphatic heterocycles. The predicted molar refractivity (Wildman–Crippen MR) is 86.7 cm³/mol. The number of ketones is 2. The average molecular weight is 320 g/mol. The van der Waals surface area contributed by atoms with Gasteiger partial charge in [-0.3, -0.25) is 9.59 Å². The summed E-state index contributed by atoms with van der Waals surface area (Å²) in [6, 6.07) is 6.59. The Balaban J connectivity index is 2.44. The molecule has 1 rings (SSSR count). The number of benzene rings is 1. The summed E-state index contributed by atoms with van der Waals surface area (Å²) >= 11 is 0. The lowest BCUT2D eigenvalue weighted by Crippen LogP contribution is -2.20. The van der Waals surface area contributed by atoms with E-state index in [1.54, 1.807) is 31.2 Å². The van der Waals surface area contributed by atoms with Gasteiger partial charge in [0.05, 0.1) is 19.6 Å². The molecular formula is C18H24O5. The van der Waals surface area contributed by atoms with Gasteiger partial charge in [0.15, 0.2) is 5.78 Å². The fourth-order valence-electron chi connectivity index (χ4n) is 1.99. The summed E-state index contributed by atoms with van der Waals surface area (Å²) in [4.78, 5) is 34.6. The Morgan fingerprint density at radius 3 is 2.26 bits per heavy atom. The molecule has 0 aliphatic rings. The Labute approximate surface area is 137 Å². The zero-order chi connectivity index (χ0) is 17.1. The lowest BCUT2D eigenvalue weighted by atomic mass is 10.1. The number of esters is 1. The Kier molecular flexibility index (Phi) is 8.65. The molecule has 0 aromatic heterocycles. The van der Waals surface area contributed by atoms with Gasteiger partial charge < -0.3 is 9.47 Å². The maximum atomic E-state index is 11.9. The molecule has 23 heavy (non-hydrogen) atoms. The molecule has 1 aromatic rings. The molecule has 126 valence electrons. The van der Waals surface area contributed by atoms with E-state index in [0.717, 1.165) is 12.8 Å². The fourth-order valence-corrected chi connectivity index (χ4v) is 1.99. The Morgan fingerprint density at radius 2 is 1.65 bits per heavy atom. The van der Waals surface area contributed by atoms with Crippen LogP contribution in [0.15, 0.2) is 24.3 Å². The van der Waals surface area contributed by atoms with Crippen LogP contribution in [-0.2, 0) is 14.3 Å². The van der Waals surface area contributed by atoms with Crippen molar-refractivity contribution in [3.05, 3.63) is 29.8 Å². The largest absolute Gasteiger partial charge is 0.494 e. The molecule has 0 atom stereocenters. The number of unbranched alkanes of at least 4 members (excludes halogenated alkanes) is 3. The van der Waals surface area contributed by atoms with Crippen LogP contribution in [0.1, 0.15) is 56.3 Å². The van der Waals surface area contributed by atoms with Gasteiger partial charge in [0.2, 0.25) is 5.78 Å². The summed E-state index contributed by atoms with van der Waals surface area (Å²) < 4.78 is 10.2. The van der Waals surface area contributed by atoms with Gasteiger partial charge in [0, 0.05) is 5.56 Å². The zero-order valence-corrected chi connectivity index (χ0v) is 13.8. The van der Waals surface area contributed by atoms with Crippen LogP contribution >= 0.6 is 0 Å². The van der Waals surface area contributed by atoms with Gasteiger partial charge in [-0.2, -0.15) is 0 Å². The van der Waals surface area contributed by atoms with Crippen molar-refractivity contribution in [2.45, 2.75) is 46.0 Å². The highest BCUT2D eigenvalue weighted by Gasteiger charge is 2.19. The lowest BCUT2D eigenvalue weighted by molar-refractivity contribution is -0.153. The van der Waals surface area contributed by atoms with Gasteiger partial charge in [-0.25, -0.2) is 4.79 Å². The van der Waals surface area contributed by atoms with Gasteiger partial charge in [0.1, 0.15) is 5.75 Å². The molecule has 0 spiro atoms. The quantitative estimate of drug-likeness (QED) is 0.206. The molecule has 0 heterocycles. The van der Waals surface area contributed by atoms with Gasteiger partial charge in [-0.15, -0.1) is 0 Å². The molecule has 0 saturated carbocycles. The molecule has 0 saturated heterocycles. The Bertz CT molecular complexity index is 519. The first kappa shape index (κ1) is 18.9. The van der Waals surface area contributed by atoms with Crippen LogP contribution in [0, 0.1) is 0 Å². The minimum Gasteiger partial charge on any atom is -0.494 e. The van der Waals surface area contributed by atoms with Gasteiger partial charge in [0.25, 0.3) is 0 Å². The second kappa shape index (κ2) is 10.5. The van der Waals surface area contributed by atoms with Crippen molar-refractivity contribution in [2.75, 3.05) is 13.2 Å². The van der Waals surface area contributed by atoms with Crippen molar-refractivity contribution in [1.82, 2.24) is 0 Å². The van der Waals surface area contributed by atoms with Crippen LogP contribution in [0.3, 0.4) is 0 Å². The molecule has 5 nitrogen and oxygen atoms in total. The fraction of sp³-hybridized carbons (Fsp3) is 0.500. The minimum atomic E-state index is -0.965. The third-order valence-electron chi connectivity index (χ3n) is 3.27. The van der Waals surface area contributed by atoms with Crippen LogP contribution in [0.5, 0.6) is 5.75 Å². The Hall–Kier alpha value is -2.17. The van der Waals surface area contributed by atoms with E-state index < -0.39 is 24.0 Å². The van der Waals surface area contributed by atoms with Crippen molar-refractivity contribution in [3.63, 3.8) is 0 Å². The summed E-state index contributed by atoms with van der Waals surface area (Å²) in [7, 11) is 0. The van der Waals surface area contributed by atoms with E-state index in [2.05, 4.69) is 11.7 Å². The molecule has 0 aliphatic carbocycles. The first-order chi connectivity index (χ1) is 11.1. The molecule has 0 amide bonds. The number of carbonyl (C=O) groups is 3. The van der Waals surface area contributed by atoms with Crippen molar-refractivity contribution < 1.29 is 23.9 Å². The molecule has 0 fully saturated rings. The highest BCUT2D eigenvalue weighted by atomic mass is 16.5. The van der Waals surface area contributed by atoms with Crippen LogP contribution in [0.4, 0.5) is 0 Å². The van der Waals surface area contributed by atoms with E-state index in [1.807, 2.05) is 0 Å². The van der Waals surface area contributed by atoms with Crippen LogP contribution in [0.2, 0.25) is 0 Å². The number of carbonyl (C=O) groups excluding carboxylic acids is 3. The lowest BCUT2D eigenvalue weighted by Gasteiger charge is -2.07. The van der Waals surface area contributed by atoms with Crippen molar-refractivity contribution in [3.8, 4) is 5.75 Å². The molecular weight excluding hydrogens is 296 g/mol. The summed E-state index contributed by atoms with van der Waals surface area (Å²) in [5.41, 5.74) is 0.376. The monoisotopic (exact) mass is 320 g/mol. The second-order valence-corrected chi connectivity index (χ2v) is 5.18. The minimum absolute atomic E-state index is 0.114. The highest BCUT2D eigenvalue weighted by molar-refractivity contribution is 6.38. The van der Waals surface area contributed by atoms with Crippen molar-refractivity contribution >= 4 is 17.5 Å². The molecule has 0 N–H and O–H groups in total. The number of hydrogen-bond donors (Lipinski definition) is 0. The number of Topliss-reactive ketones (excluding diaryl/α,β-unsaturated/α-hetero) is 2. The third-order valence-corrected chi connectivity index (χ3v) is 3.27. The van der Waals surface area contributed by atoms with Gasteiger partial charge in [-0.1, -0.05) is 26.2 Å². The van der Waals surface area contributed by atoms with Crippen LogP contribution < -0.4 is 4.74 Å². The Morgan fingerprint density at radius 1 is 0.957 bits per heavy atom. The van der Waals surface area contributed by atoms with Crippen molar-refractivity contribution in [1.29, 1.82) is 0 Å². The predicted octanol–water partition coefficient (Wildman–Crippen LogP) is 3.35. The van der Waals surface area contributed by atoms with E-state index >= 15 is 0 Å². The van der Waals surface area contributed by atoms with Crippen LogP contribution in [0.25, 0.3) is 0 Å². The van der Waals surface area contributed by atoms with E-state index in [1.165, 1.54) is 12.8 Å². The standard InChI is InChI=1S/C18H24O5/c1-3-5-6-7-12-23-15-10-8-14(9-11-15)16(19)13-17(20)18(21)22-4-2/h8-11H,3-7,12-13H2,1-2H3. The number of ether oxygens (including phenoxy) is 2. The third kappa shape index (κ3) is 7.08. The van der Waals surface area contributed by atoms with E-state index in [-0.39, 0.29) is 6.61 Å². The van der Waals surface area contributed by atoms with Crippen molar-refractivity contribution in [2.24, 2.45) is 0 Å². The van der Waals surface area contributed by atoms with E-state index in [0.29, 0.717) is 17.9 Å². The SMILES string of the molecule is CCCCCCOc1ccc(C(=O)CC(=O)C(=O)OCC)cc1. The number of hydrogen-bond acceptors (Lipinski definition) is 5.